The van der Waals surface area contributed by atoms with Crippen LogP contribution in [0, 0.1) is 13.8 Å². The van der Waals surface area contributed by atoms with Gasteiger partial charge in [-0.05, 0) is 37.6 Å². The fraction of sp³-hybridized carbons (Fsp3) is 0.167. The third-order valence-electron chi connectivity index (χ3n) is 2.28. The molecule has 1 aromatic carbocycles. The van der Waals surface area contributed by atoms with Crippen molar-refractivity contribution in [1.29, 1.82) is 0 Å². The average molecular weight is 295 g/mol. The summed E-state index contributed by atoms with van der Waals surface area (Å²) in [5.74, 6) is 0.339. The van der Waals surface area contributed by atoms with Crippen LogP contribution in [-0.4, -0.2) is 11.1 Å². The standard InChI is InChI=1S/C12H11BrN2O2/c1-7-5-9(3-4-10(7)13)14-12(16)11-6-8(2)17-15-11/h3-6H,1-2H3,(H,14,16). The molecule has 0 radical (unpaired) electrons. The van der Waals surface area contributed by atoms with Crippen molar-refractivity contribution in [2.45, 2.75) is 13.8 Å². The van der Waals surface area contributed by atoms with Crippen molar-refractivity contribution < 1.29 is 9.32 Å². The molecular formula is C12H11BrN2O2. The second kappa shape index (κ2) is 4.71. The van der Waals surface area contributed by atoms with Crippen LogP contribution in [0.25, 0.3) is 0 Å². The maximum absolute atomic E-state index is 11.8. The third-order valence-corrected chi connectivity index (χ3v) is 3.17. The van der Waals surface area contributed by atoms with Gasteiger partial charge in [-0.25, -0.2) is 0 Å². The normalized spacial score (nSPS) is 10.3. The number of hydrogen-bond acceptors (Lipinski definition) is 3. The van der Waals surface area contributed by atoms with Gasteiger partial charge in [0.25, 0.3) is 5.91 Å². The number of carbonyl (C=O) groups is 1. The van der Waals surface area contributed by atoms with Gasteiger partial charge in [0.05, 0.1) is 0 Å². The summed E-state index contributed by atoms with van der Waals surface area (Å²) in [6.45, 7) is 3.70. The van der Waals surface area contributed by atoms with Crippen LogP contribution in [0.1, 0.15) is 21.8 Å². The van der Waals surface area contributed by atoms with E-state index in [-0.39, 0.29) is 11.6 Å². The van der Waals surface area contributed by atoms with Crippen LogP contribution in [0.2, 0.25) is 0 Å². The first-order valence-corrected chi connectivity index (χ1v) is 5.86. The zero-order chi connectivity index (χ0) is 12.4. The van der Waals surface area contributed by atoms with Crippen LogP contribution >= 0.6 is 15.9 Å². The highest BCUT2D eigenvalue weighted by molar-refractivity contribution is 9.10. The molecule has 0 aliphatic carbocycles. The first-order chi connectivity index (χ1) is 8.06. The predicted octanol–water partition coefficient (Wildman–Crippen LogP) is 3.31. The molecule has 0 fully saturated rings. The molecule has 0 aliphatic heterocycles. The van der Waals surface area contributed by atoms with Gasteiger partial charge in [0.1, 0.15) is 5.76 Å². The Morgan fingerprint density at radius 1 is 1.35 bits per heavy atom. The van der Waals surface area contributed by atoms with Crippen LogP contribution in [0.15, 0.2) is 33.3 Å². The van der Waals surface area contributed by atoms with Crippen molar-refractivity contribution in [2.75, 3.05) is 5.32 Å². The Balaban J connectivity index is 2.15. The minimum atomic E-state index is -0.274. The summed E-state index contributed by atoms with van der Waals surface area (Å²) in [7, 11) is 0. The molecule has 1 aromatic heterocycles. The van der Waals surface area contributed by atoms with Gasteiger partial charge >= 0.3 is 0 Å². The molecular weight excluding hydrogens is 284 g/mol. The minimum absolute atomic E-state index is 0.274. The van der Waals surface area contributed by atoms with E-state index in [9.17, 15) is 4.79 Å². The number of hydrogen-bond donors (Lipinski definition) is 1. The highest BCUT2D eigenvalue weighted by Crippen LogP contribution is 2.20. The zero-order valence-electron chi connectivity index (χ0n) is 9.45. The van der Waals surface area contributed by atoms with Crippen molar-refractivity contribution in [3.63, 3.8) is 0 Å². The molecule has 0 atom stereocenters. The number of rotatable bonds is 2. The van der Waals surface area contributed by atoms with Gasteiger partial charge in [-0.1, -0.05) is 21.1 Å². The largest absolute Gasteiger partial charge is 0.361 e. The van der Waals surface area contributed by atoms with Gasteiger partial charge in [-0.2, -0.15) is 0 Å². The summed E-state index contributed by atoms with van der Waals surface area (Å²) < 4.78 is 5.86. The van der Waals surface area contributed by atoms with E-state index in [1.165, 1.54) is 0 Å². The summed E-state index contributed by atoms with van der Waals surface area (Å²) in [5, 5.41) is 6.41. The van der Waals surface area contributed by atoms with E-state index in [2.05, 4.69) is 26.4 Å². The maximum atomic E-state index is 11.8. The van der Waals surface area contributed by atoms with Crippen molar-refractivity contribution in [1.82, 2.24) is 5.16 Å². The zero-order valence-corrected chi connectivity index (χ0v) is 11.0. The number of halogens is 1. The van der Waals surface area contributed by atoms with Gasteiger partial charge in [0.15, 0.2) is 5.69 Å². The lowest BCUT2D eigenvalue weighted by molar-refractivity contribution is 0.101. The second-order valence-corrected chi connectivity index (χ2v) is 4.60. The molecule has 88 valence electrons. The number of nitrogens with zero attached hydrogens (tertiary/aromatic N) is 1. The fourth-order valence-electron chi connectivity index (χ4n) is 1.39. The molecule has 5 heteroatoms. The van der Waals surface area contributed by atoms with E-state index >= 15 is 0 Å². The summed E-state index contributed by atoms with van der Waals surface area (Å²) in [6, 6.07) is 7.19. The lowest BCUT2D eigenvalue weighted by Gasteiger charge is -2.05. The Kier molecular flexibility index (Phi) is 3.28. The molecule has 1 amide bonds. The van der Waals surface area contributed by atoms with Gasteiger partial charge in [-0.15, -0.1) is 0 Å². The number of benzene rings is 1. The summed E-state index contributed by atoms with van der Waals surface area (Å²) in [6.07, 6.45) is 0. The van der Waals surface area contributed by atoms with Gasteiger partial charge in [0.2, 0.25) is 0 Å². The molecule has 17 heavy (non-hydrogen) atoms. The Bertz CT molecular complexity index is 563. The Morgan fingerprint density at radius 2 is 2.12 bits per heavy atom. The van der Waals surface area contributed by atoms with E-state index in [1.54, 1.807) is 13.0 Å². The lowest BCUT2D eigenvalue weighted by Crippen LogP contribution is -2.12. The van der Waals surface area contributed by atoms with Crippen LogP contribution < -0.4 is 5.32 Å². The highest BCUT2D eigenvalue weighted by atomic mass is 79.9. The van der Waals surface area contributed by atoms with Gasteiger partial charge in [-0.3, -0.25) is 4.79 Å². The van der Waals surface area contributed by atoms with Crippen LogP contribution in [0.3, 0.4) is 0 Å². The first-order valence-electron chi connectivity index (χ1n) is 5.07. The van der Waals surface area contributed by atoms with Crippen molar-refractivity contribution in [3.8, 4) is 0 Å². The summed E-state index contributed by atoms with van der Waals surface area (Å²) >= 11 is 3.40. The van der Waals surface area contributed by atoms with E-state index in [4.69, 9.17) is 4.52 Å². The van der Waals surface area contributed by atoms with E-state index in [0.29, 0.717) is 5.76 Å². The quantitative estimate of drug-likeness (QED) is 0.924. The molecule has 1 N–H and O–H groups in total. The molecule has 1 heterocycles. The van der Waals surface area contributed by atoms with Gasteiger partial charge in [0, 0.05) is 16.2 Å². The topological polar surface area (TPSA) is 55.1 Å². The number of aromatic nitrogens is 1. The number of carbonyl (C=O) groups excluding carboxylic acids is 1. The maximum Gasteiger partial charge on any atom is 0.277 e. The summed E-state index contributed by atoms with van der Waals surface area (Å²) in [4.78, 5) is 11.8. The monoisotopic (exact) mass is 294 g/mol. The smallest absolute Gasteiger partial charge is 0.277 e. The van der Waals surface area contributed by atoms with Crippen molar-refractivity contribution in [2.24, 2.45) is 0 Å². The van der Waals surface area contributed by atoms with E-state index in [0.717, 1.165) is 15.7 Å². The average Bonchev–Trinajstić information content (AvgIpc) is 2.70. The number of amides is 1. The minimum Gasteiger partial charge on any atom is -0.361 e. The van der Waals surface area contributed by atoms with Gasteiger partial charge < -0.3 is 9.84 Å². The summed E-state index contributed by atoms with van der Waals surface area (Å²) in [5.41, 5.74) is 2.07. The molecule has 0 saturated carbocycles. The molecule has 0 spiro atoms. The lowest BCUT2D eigenvalue weighted by atomic mass is 10.2. The SMILES string of the molecule is Cc1cc(C(=O)Nc2ccc(Br)c(C)c2)no1. The molecule has 2 aromatic rings. The fourth-order valence-corrected chi connectivity index (χ4v) is 1.64. The van der Waals surface area contributed by atoms with Crippen LogP contribution in [0.5, 0.6) is 0 Å². The predicted molar refractivity (Wildman–Crippen MR) is 68.1 cm³/mol. The second-order valence-electron chi connectivity index (χ2n) is 3.74. The van der Waals surface area contributed by atoms with E-state index in [1.807, 2.05) is 25.1 Å². The molecule has 4 nitrogen and oxygen atoms in total. The molecule has 2 rings (SSSR count). The molecule has 0 bridgehead atoms. The number of anilines is 1. The van der Waals surface area contributed by atoms with Crippen molar-refractivity contribution in [3.05, 3.63) is 45.8 Å². The van der Waals surface area contributed by atoms with Crippen LogP contribution in [0.4, 0.5) is 5.69 Å². The first kappa shape index (κ1) is 11.9. The Labute approximate surface area is 107 Å². The number of aryl methyl sites for hydroxylation is 2. The van der Waals surface area contributed by atoms with E-state index < -0.39 is 0 Å². The number of nitrogens with one attached hydrogen (secondary N) is 1. The Hall–Kier alpha value is -1.62. The van der Waals surface area contributed by atoms with Crippen molar-refractivity contribution >= 4 is 27.5 Å². The van der Waals surface area contributed by atoms with Crippen LogP contribution in [-0.2, 0) is 0 Å². The highest BCUT2D eigenvalue weighted by Gasteiger charge is 2.11. The molecule has 0 unspecified atom stereocenters. The molecule has 0 aliphatic rings. The Morgan fingerprint density at radius 3 is 2.71 bits per heavy atom. The third kappa shape index (κ3) is 2.74. The molecule has 0 saturated heterocycles.